The number of rotatable bonds is 3. The molecule has 1 heterocycles. The SMILES string of the molecule is NC(=O)C1CCN(S(=O)(=O)c2cc(Cl)cc(N)c2Br)CC1. The first-order valence-corrected chi connectivity index (χ1v) is 8.88. The van der Waals surface area contributed by atoms with Crippen LogP contribution in [0, 0.1) is 5.92 Å². The van der Waals surface area contributed by atoms with Crippen LogP contribution >= 0.6 is 27.5 Å². The number of sulfonamides is 1. The summed E-state index contributed by atoms with van der Waals surface area (Å²) in [6, 6.07) is 2.83. The number of benzene rings is 1. The molecule has 0 saturated carbocycles. The quantitative estimate of drug-likeness (QED) is 0.756. The number of nitrogens with zero attached hydrogens (tertiary/aromatic N) is 1. The Hall–Kier alpha value is -0.830. The second kappa shape index (κ2) is 6.12. The van der Waals surface area contributed by atoms with Crippen LogP contribution in [-0.4, -0.2) is 31.7 Å². The molecule has 1 aromatic rings. The van der Waals surface area contributed by atoms with E-state index in [1.807, 2.05) is 0 Å². The maximum atomic E-state index is 12.7. The van der Waals surface area contributed by atoms with Gasteiger partial charge >= 0.3 is 0 Å². The van der Waals surface area contributed by atoms with Crippen LogP contribution in [0.2, 0.25) is 5.02 Å². The molecule has 1 aliphatic rings. The zero-order valence-corrected chi connectivity index (χ0v) is 14.2. The highest BCUT2D eigenvalue weighted by Gasteiger charge is 2.33. The molecule has 6 nitrogen and oxygen atoms in total. The zero-order chi connectivity index (χ0) is 15.8. The van der Waals surface area contributed by atoms with E-state index < -0.39 is 10.0 Å². The highest BCUT2D eigenvalue weighted by atomic mass is 79.9. The standard InChI is InChI=1S/C12H15BrClN3O3S/c13-11-9(15)5-8(14)6-10(11)21(19,20)17-3-1-7(2-4-17)12(16)18/h5-7H,1-4,15H2,(H2,16,18). The molecule has 0 atom stereocenters. The fourth-order valence-corrected chi connectivity index (χ4v) is 5.02. The maximum absolute atomic E-state index is 12.7. The lowest BCUT2D eigenvalue weighted by molar-refractivity contribution is -0.122. The van der Waals surface area contributed by atoms with Gasteiger partial charge in [0.1, 0.15) is 0 Å². The van der Waals surface area contributed by atoms with Crippen LogP contribution in [0.1, 0.15) is 12.8 Å². The van der Waals surface area contributed by atoms with Crippen molar-refractivity contribution in [3.05, 3.63) is 21.6 Å². The second-order valence-corrected chi connectivity index (χ2v) is 8.02. The summed E-state index contributed by atoms with van der Waals surface area (Å²) in [4.78, 5) is 11.2. The molecule has 0 unspecified atom stereocenters. The van der Waals surface area contributed by atoms with E-state index in [1.54, 1.807) is 0 Å². The van der Waals surface area contributed by atoms with E-state index >= 15 is 0 Å². The van der Waals surface area contributed by atoms with E-state index in [4.69, 9.17) is 23.1 Å². The van der Waals surface area contributed by atoms with Crippen LogP contribution < -0.4 is 11.5 Å². The van der Waals surface area contributed by atoms with Crippen molar-refractivity contribution in [2.24, 2.45) is 11.7 Å². The number of hydrogen-bond acceptors (Lipinski definition) is 4. The minimum atomic E-state index is -3.72. The molecule has 116 valence electrons. The molecule has 1 saturated heterocycles. The van der Waals surface area contributed by atoms with Gasteiger partial charge in [-0.15, -0.1) is 0 Å². The van der Waals surface area contributed by atoms with Crippen LogP contribution in [0.25, 0.3) is 0 Å². The molecule has 21 heavy (non-hydrogen) atoms. The van der Waals surface area contributed by atoms with Crippen molar-refractivity contribution in [2.75, 3.05) is 18.8 Å². The summed E-state index contributed by atoms with van der Waals surface area (Å²) in [6.07, 6.45) is 0.838. The first-order chi connectivity index (χ1) is 9.73. The van der Waals surface area contributed by atoms with E-state index in [-0.39, 0.29) is 40.5 Å². The van der Waals surface area contributed by atoms with Gasteiger partial charge in [0.2, 0.25) is 15.9 Å². The average Bonchev–Trinajstić information content (AvgIpc) is 2.42. The van der Waals surface area contributed by atoms with Gasteiger partial charge < -0.3 is 11.5 Å². The van der Waals surface area contributed by atoms with Crippen molar-refractivity contribution >= 4 is 49.1 Å². The summed E-state index contributed by atoms with van der Waals surface area (Å²) in [5, 5.41) is 0.251. The van der Waals surface area contributed by atoms with Gasteiger partial charge in [0.05, 0.1) is 9.37 Å². The van der Waals surface area contributed by atoms with E-state index in [2.05, 4.69) is 15.9 Å². The van der Waals surface area contributed by atoms with Gasteiger partial charge in [0, 0.05) is 29.7 Å². The van der Waals surface area contributed by atoms with Crippen molar-refractivity contribution in [3.8, 4) is 0 Å². The van der Waals surface area contributed by atoms with E-state index in [1.165, 1.54) is 16.4 Å². The molecule has 1 fully saturated rings. The number of anilines is 1. The maximum Gasteiger partial charge on any atom is 0.244 e. The fraction of sp³-hybridized carbons (Fsp3) is 0.417. The summed E-state index contributed by atoms with van der Waals surface area (Å²) in [7, 11) is -3.72. The number of nitrogen functional groups attached to an aromatic ring is 1. The fourth-order valence-electron chi connectivity index (χ4n) is 2.29. The molecule has 9 heteroatoms. The van der Waals surface area contributed by atoms with Gasteiger partial charge in [0.25, 0.3) is 0 Å². The lowest BCUT2D eigenvalue weighted by atomic mass is 9.98. The lowest BCUT2D eigenvalue weighted by Gasteiger charge is -2.30. The van der Waals surface area contributed by atoms with Crippen LogP contribution in [0.4, 0.5) is 5.69 Å². The summed E-state index contributed by atoms with van der Waals surface area (Å²) >= 11 is 9.08. The summed E-state index contributed by atoms with van der Waals surface area (Å²) < 4.78 is 26.9. The number of hydrogen-bond donors (Lipinski definition) is 2. The monoisotopic (exact) mass is 395 g/mol. The third kappa shape index (κ3) is 3.33. The summed E-state index contributed by atoms with van der Waals surface area (Å²) in [5.74, 6) is -0.662. The largest absolute Gasteiger partial charge is 0.398 e. The molecule has 2 rings (SSSR count). The Kier molecular flexibility index (Phi) is 4.82. The predicted molar refractivity (Wildman–Crippen MR) is 84.2 cm³/mol. The third-order valence-corrected chi connectivity index (χ3v) is 6.79. The highest BCUT2D eigenvalue weighted by Crippen LogP contribution is 2.34. The van der Waals surface area contributed by atoms with Gasteiger partial charge in [-0.1, -0.05) is 11.6 Å². The first kappa shape index (κ1) is 16.5. The Morgan fingerprint density at radius 1 is 1.33 bits per heavy atom. The van der Waals surface area contributed by atoms with Gasteiger partial charge in [-0.2, -0.15) is 4.31 Å². The van der Waals surface area contributed by atoms with Crippen LogP contribution in [0.3, 0.4) is 0 Å². The molecular formula is C12H15BrClN3O3S. The number of carbonyl (C=O) groups is 1. The van der Waals surface area contributed by atoms with Gasteiger partial charge in [-0.25, -0.2) is 8.42 Å². The number of halogens is 2. The first-order valence-electron chi connectivity index (χ1n) is 6.27. The van der Waals surface area contributed by atoms with Crippen molar-refractivity contribution in [1.82, 2.24) is 4.31 Å². The number of primary amides is 1. The van der Waals surface area contributed by atoms with Crippen molar-refractivity contribution in [1.29, 1.82) is 0 Å². The number of amides is 1. The van der Waals surface area contributed by atoms with Crippen molar-refractivity contribution in [2.45, 2.75) is 17.7 Å². The van der Waals surface area contributed by atoms with E-state index in [9.17, 15) is 13.2 Å². The topological polar surface area (TPSA) is 106 Å². The minimum Gasteiger partial charge on any atom is -0.398 e. The Balaban J connectivity index is 2.30. The van der Waals surface area contributed by atoms with Crippen LogP contribution in [0.15, 0.2) is 21.5 Å². The average molecular weight is 397 g/mol. The van der Waals surface area contributed by atoms with Crippen molar-refractivity contribution < 1.29 is 13.2 Å². The Bertz CT molecular complexity index is 673. The Labute approximate surface area is 136 Å². The summed E-state index contributed by atoms with van der Waals surface area (Å²) in [6.45, 7) is 0.490. The molecule has 1 aliphatic heterocycles. The number of carbonyl (C=O) groups excluding carboxylic acids is 1. The molecule has 0 bridgehead atoms. The molecule has 0 radical (unpaired) electrons. The Morgan fingerprint density at radius 3 is 2.43 bits per heavy atom. The number of nitrogens with two attached hydrogens (primary N) is 2. The van der Waals surface area contributed by atoms with Gasteiger partial charge in [-0.3, -0.25) is 4.79 Å². The van der Waals surface area contributed by atoms with E-state index in [0.717, 1.165) is 0 Å². The highest BCUT2D eigenvalue weighted by molar-refractivity contribution is 9.10. The molecule has 0 aliphatic carbocycles. The molecule has 0 spiro atoms. The molecule has 1 aromatic carbocycles. The third-order valence-electron chi connectivity index (χ3n) is 3.51. The van der Waals surface area contributed by atoms with Crippen molar-refractivity contribution in [3.63, 3.8) is 0 Å². The zero-order valence-electron chi connectivity index (χ0n) is 11.1. The smallest absolute Gasteiger partial charge is 0.244 e. The molecule has 1 amide bonds. The normalized spacial score (nSPS) is 17.8. The second-order valence-electron chi connectivity index (χ2n) is 4.89. The molecular weight excluding hydrogens is 382 g/mol. The van der Waals surface area contributed by atoms with Crippen LogP contribution in [-0.2, 0) is 14.8 Å². The van der Waals surface area contributed by atoms with E-state index in [0.29, 0.717) is 17.3 Å². The van der Waals surface area contributed by atoms with Gasteiger partial charge in [-0.05, 0) is 40.9 Å². The predicted octanol–water partition coefficient (Wildman–Crippen LogP) is 1.57. The molecule has 0 aromatic heterocycles. The van der Waals surface area contributed by atoms with Gasteiger partial charge in [0.15, 0.2) is 0 Å². The Morgan fingerprint density at radius 2 is 1.90 bits per heavy atom. The van der Waals surface area contributed by atoms with Crippen LogP contribution in [0.5, 0.6) is 0 Å². The minimum absolute atomic E-state index is 0.0324. The lowest BCUT2D eigenvalue weighted by Crippen LogP contribution is -2.41. The molecule has 4 N–H and O–H groups in total. The number of piperidine rings is 1. The summed E-state index contributed by atoms with van der Waals surface area (Å²) in [5.41, 5.74) is 11.2.